The molecule has 2 aromatic rings. The molecule has 0 fully saturated rings. The van der Waals surface area contributed by atoms with Crippen LogP contribution in [0.4, 0.5) is 5.69 Å². The van der Waals surface area contributed by atoms with E-state index in [-0.39, 0.29) is 5.91 Å². The summed E-state index contributed by atoms with van der Waals surface area (Å²) in [7, 11) is 0. The molecule has 1 N–H and O–H groups in total. The molecule has 0 radical (unpaired) electrons. The summed E-state index contributed by atoms with van der Waals surface area (Å²) in [5.74, 6) is 1.47. The minimum Gasteiger partial charge on any atom is -0.494 e. The number of halogens is 1. The first kappa shape index (κ1) is 18.9. The summed E-state index contributed by atoms with van der Waals surface area (Å²) >= 11 is 5.93. The van der Waals surface area contributed by atoms with Crippen LogP contribution >= 0.6 is 11.6 Å². The van der Waals surface area contributed by atoms with Crippen molar-refractivity contribution < 1.29 is 19.0 Å². The molecule has 2 rings (SSSR count). The Morgan fingerprint density at radius 1 is 1.08 bits per heavy atom. The maximum absolute atomic E-state index is 12.5. The SMILES string of the molecule is CCOc1ccc(OCC)c(NC(=O)[C@@H](C)Oc2cccc(Cl)c2)c1. The van der Waals surface area contributed by atoms with Gasteiger partial charge in [0, 0.05) is 11.1 Å². The number of nitrogens with one attached hydrogen (secondary N) is 1. The van der Waals surface area contributed by atoms with E-state index < -0.39 is 6.10 Å². The van der Waals surface area contributed by atoms with Crippen molar-refractivity contribution in [2.45, 2.75) is 26.9 Å². The second kappa shape index (κ2) is 9.18. The topological polar surface area (TPSA) is 56.8 Å². The molecule has 0 bridgehead atoms. The third-order valence-electron chi connectivity index (χ3n) is 3.30. The van der Waals surface area contributed by atoms with Gasteiger partial charge in [-0.3, -0.25) is 4.79 Å². The van der Waals surface area contributed by atoms with Crippen LogP contribution in [-0.4, -0.2) is 25.2 Å². The van der Waals surface area contributed by atoms with Crippen LogP contribution in [0, 0.1) is 0 Å². The number of hydrogen-bond donors (Lipinski definition) is 1. The van der Waals surface area contributed by atoms with Crippen molar-refractivity contribution in [3.05, 3.63) is 47.5 Å². The van der Waals surface area contributed by atoms with Crippen molar-refractivity contribution in [1.82, 2.24) is 0 Å². The van der Waals surface area contributed by atoms with Gasteiger partial charge in [-0.05, 0) is 51.1 Å². The third kappa shape index (κ3) is 5.57. The fourth-order valence-electron chi connectivity index (χ4n) is 2.18. The molecule has 0 aliphatic rings. The molecule has 0 saturated heterocycles. The number of amides is 1. The van der Waals surface area contributed by atoms with Crippen molar-refractivity contribution in [2.24, 2.45) is 0 Å². The summed E-state index contributed by atoms with van der Waals surface area (Å²) < 4.78 is 16.7. The predicted molar refractivity (Wildman–Crippen MR) is 99.0 cm³/mol. The number of carbonyl (C=O) groups excluding carboxylic acids is 1. The van der Waals surface area contributed by atoms with E-state index in [2.05, 4.69) is 5.32 Å². The van der Waals surface area contributed by atoms with Gasteiger partial charge < -0.3 is 19.5 Å². The van der Waals surface area contributed by atoms with E-state index in [0.29, 0.717) is 41.2 Å². The van der Waals surface area contributed by atoms with Gasteiger partial charge in [0.2, 0.25) is 0 Å². The second-order valence-electron chi connectivity index (χ2n) is 5.23. The third-order valence-corrected chi connectivity index (χ3v) is 3.53. The molecule has 0 unspecified atom stereocenters. The first-order valence-corrected chi connectivity index (χ1v) is 8.54. The number of benzene rings is 2. The Labute approximate surface area is 152 Å². The minimum atomic E-state index is -0.705. The van der Waals surface area contributed by atoms with Crippen molar-refractivity contribution in [3.63, 3.8) is 0 Å². The molecule has 0 aliphatic carbocycles. The maximum atomic E-state index is 12.5. The lowest BCUT2D eigenvalue weighted by Gasteiger charge is -2.17. The Hall–Kier alpha value is -2.40. The van der Waals surface area contributed by atoms with E-state index in [9.17, 15) is 4.79 Å². The zero-order chi connectivity index (χ0) is 18.2. The predicted octanol–water partition coefficient (Wildman–Crippen LogP) is 4.54. The molecular formula is C19H22ClNO4. The average molecular weight is 364 g/mol. The van der Waals surface area contributed by atoms with Gasteiger partial charge in [-0.15, -0.1) is 0 Å². The van der Waals surface area contributed by atoms with Crippen molar-refractivity contribution in [1.29, 1.82) is 0 Å². The van der Waals surface area contributed by atoms with Crippen molar-refractivity contribution >= 4 is 23.2 Å². The zero-order valence-electron chi connectivity index (χ0n) is 14.5. The Morgan fingerprint density at radius 2 is 1.84 bits per heavy atom. The van der Waals surface area contributed by atoms with Gasteiger partial charge in [-0.25, -0.2) is 0 Å². The molecule has 0 aliphatic heterocycles. The molecule has 2 aromatic carbocycles. The normalized spacial score (nSPS) is 11.5. The minimum absolute atomic E-state index is 0.297. The fraction of sp³-hybridized carbons (Fsp3) is 0.316. The first-order valence-electron chi connectivity index (χ1n) is 8.16. The molecule has 1 amide bonds. The highest BCUT2D eigenvalue weighted by molar-refractivity contribution is 6.30. The van der Waals surface area contributed by atoms with Gasteiger partial charge in [-0.2, -0.15) is 0 Å². The molecule has 5 nitrogen and oxygen atoms in total. The van der Waals surface area contributed by atoms with E-state index in [1.165, 1.54) is 0 Å². The molecule has 0 spiro atoms. The molecule has 134 valence electrons. The zero-order valence-corrected chi connectivity index (χ0v) is 15.3. The summed E-state index contributed by atoms with van der Waals surface area (Å²) in [5.41, 5.74) is 0.541. The van der Waals surface area contributed by atoms with Crippen LogP contribution in [-0.2, 0) is 4.79 Å². The molecule has 25 heavy (non-hydrogen) atoms. The monoisotopic (exact) mass is 363 g/mol. The number of rotatable bonds is 8. The van der Waals surface area contributed by atoms with Gasteiger partial charge in [0.15, 0.2) is 6.10 Å². The number of hydrogen-bond acceptors (Lipinski definition) is 4. The van der Waals surface area contributed by atoms with Gasteiger partial charge in [0.05, 0.1) is 18.9 Å². The summed E-state index contributed by atoms with van der Waals surface area (Å²) in [5, 5.41) is 3.38. The van der Waals surface area contributed by atoms with E-state index in [4.69, 9.17) is 25.8 Å². The smallest absolute Gasteiger partial charge is 0.265 e. The number of carbonyl (C=O) groups is 1. The molecule has 0 saturated carbocycles. The van der Waals surface area contributed by atoms with Crippen molar-refractivity contribution in [3.8, 4) is 17.2 Å². The van der Waals surface area contributed by atoms with Crippen LogP contribution in [0.2, 0.25) is 5.02 Å². The van der Waals surface area contributed by atoms with Gasteiger partial charge in [0.1, 0.15) is 17.2 Å². The van der Waals surface area contributed by atoms with Crippen LogP contribution in [0.15, 0.2) is 42.5 Å². The lowest BCUT2D eigenvalue weighted by atomic mass is 10.2. The number of anilines is 1. The van der Waals surface area contributed by atoms with Crippen LogP contribution < -0.4 is 19.5 Å². The second-order valence-corrected chi connectivity index (χ2v) is 5.67. The molecular weight excluding hydrogens is 342 g/mol. The maximum Gasteiger partial charge on any atom is 0.265 e. The van der Waals surface area contributed by atoms with Crippen LogP contribution in [0.1, 0.15) is 20.8 Å². The summed E-state index contributed by atoms with van der Waals surface area (Å²) in [4.78, 5) is 12.5. The highest BCUT2D eigenvalue weighted by Gasteiger charge is 2.17. The van der Waals surface area contributed by atoms with Gasteiger partial charge in [0.25, 0.3) is 5.91 Å². The molecule has 0 heterocycles. The Bertz CT molecular complexity index is 720. The Morgan fingerprint density at radius 3 is 2.52 bits per heavy atom. The Kier molecular flexibility index (Phi) is 6.95. The van der Waals surface area contributed by atoms with Gasteiger partial charge in [-0.1, -0.05) is 17.7 Å². The average Bonchev–Trinajstić information content (AvgIpc) is 2.57. The summed E-state index contributed by atoms with van der Waals surface area (Å²) in [6, 6.07) is 12.2. The van der Waals surface area contributed by atoms with Gasteiger partial charge >= 0.3 is 0 Å². The van der Waals surface area contributed by atoms with Crippen LogP contribution in [0.25, 0.3) is 0 Å². The molecule has 6 heteroatoms. The quantitative estimate of drug-likeness (QED) is 0.747. The summed E-state index contributed by atoms with van der Waals surface area (Å²) in [6.07, 6.45) is -0.705. The molecule has 1 atom stereocenters. The van der Waals surface area contributed by atoms with Crippen LogP contribution in [0.5, 0.6) is 17.2 Å². The molecule has 0 aromatic heterocycles. The van der Waals surface area contributed by atoms with E-state index in [0.717, 1.165) is 0 Å². The van der Waals surface area contributed by atoms with Crippen LogP contribution in [0.3, 0.4) is 0 Å². The largest absolute Gasteiger partial charge is 0.494 e. The van der Waals surface area contributed by atoms with E-state index >= 15 is 0 Å². The first-order chi connectivity index (χ1) is 12.0. The Balaban J connectivity index is 2.10. The lowest BCUT2D eigenvalue weighted by Crippen LogP contribution is -2.30. The lowest BCUT2D eigenvalue weighted by molar-refractivity contribution is -0.122. The fourth-order valence-corrected chi connectivity index (χ4v) is 2.36. The van der Waals surface area contributed by atoms with Crippen molar-refractivity contribution in [2.75, 3.05) is 18.5 Å². The van der Waals surface area contributed by atoms with E-state index in [1.54, 1.807) is 49.4 Å². The highest BCUT2D eigenvalue weighted by atomic mass is 35.5. The van der Waals surface area contributed by atoms with E-state index in [1.807, 2.05) is 13.8 Å². The summed E-state index contributed by atoms with van der Waals surface area (Å²) in [6.45, 7) is 6.48. The highest BCUT2D eigenvalue weighted by Crippen LogP contribution is 2.30. The standard InChI is InChI=1S/C19H22ClNO4/c1-4-23-15-9-10-18(24-5-2)17(12-15)21-19(22)13(3)25-16-8-6-7-14(20)11-16/h6-13H,4-5H2,1-3H3,(H,21,22)/t13-/m1/s1. The number of ether oxygens (including phenoxy) is 3.